The van der Waals surface area contributed by atoms with E-state index in [0.717, 1.165) is 6.42 Å². The van der Waals surface area contributed by atoms with Gasteiger partial charge in [-0.05, 0) is 68.3 Å². The van der Waals surface area contributed by atoms with Crippen molar-refractivity contribution in [1.29, 1.82) is 0 Å². The van der Waals surface area contributed by atoms with Crippen molar-refractivity contribution in [2.45, 2.75) is 38.3 Å². The lowest BCUT2D eigenvalue weighted by atomic mass is 9.79. The molecule has 0 saturated heterocycles. The summed E-state index contributed by atoms with van der Waals surface area (Å²) < 4.78 is 4.92. The zero-order chi connectivity index (χ0) is 22.6. The second kappa shape index (κ2) is 7.14. The molecule has 0 aliphatic rings. The van der Waals surface area contributed by atoms with Gasteiger partial charge in [0.05, 0.1) is 5.54 Å². The number of aromatic nitrogens is 3. The molecule has 3 aromatic heterocycles. The van der Waals surface area contributed by atoms with E-state index in [0.29, 0.717) is 0 Å². The van der Waals surface area contributed by atoms with Crippen LogP contribution in [-0.2, 0) is 11.1 Å². The van der Waals surface area contributed by atoms with Crippen LogP contribution in [0.1, 0.15) is 32.8 Å². The fourth-order valence-electron chi connectivity index (χ4n) is 5.88. The van der Waals surface area contributed by atoms with Crippen LogP contribution >= 0.6 is 0 Å². The van der Waals surface area contributed by atoms with Gasteiger partial charge in [0.1, 0.15) is 0 Å². The number of aromatic amines is 1. The van der Waals surface area contributed by atoms with E-state index in [1.165, 1.54) is 38.3 Å². The second-order valence-corrected chi connectivity index (χ2v) is 10.0. The van der Waals surface area contributed by atoms with Crippen molar-refractivity contribution in [2.24, 2.45) is 0 Å². The lowest BCUT2D eigenvalue weighted by Crippen LogP contribution is -2.40. The van der Waals surface area contributed by atoms with Gasteiger partial charge in [0.2, 0.25) is 0 Å². The van der Waals surface area contributed by atoms with Gasteiger partial charge in [0.25, 0.3) is 0 Å². The maximum absolute atomic E-state index is 3.53. The van der Waals surface area contributed by atoms with Crippen LogP contribution in [-0.4, -0.2) is 14.1 Å². The monoisotopic (exact) mass is 431 g/mol. The highest BCUT2D eigenvalue weighted by atomic mass is 15.1. The molecule has 1 N–H and O–H groups in total. The van der Waals surface area contributed by atoms with Crippen molar-refractivity contribution in [3.63, 3.8) is 0 Å². The molecule has 3 heteroatoms. The number of nitrogens with zero attached hydrogens (tertiary/aromatic N) is 2. The Kier molecular flexibility index (Phi) is 4.31. The van der Waals surface area contributed by atoms with E-state index in [9.17, 15) is 0 Å². The highest BCUT2D eigenvalue weighted by Crippen LogP contribution is 2.43. The van der Waals surface area contributed by atoms with Crippen LogP contribution in [0.5, 0.6) is 0 Å². The van der Waals surface area contributed by atoms with Crippen LogP contribution in [0.3, 0.4) is 0 Å². The topological polar surface area (TPSA) is 25.6 Å². The van der Waals surface area contributed by atoms with Crippen molar-refractivity contribution in [3.05, 3.63) is 109 Å². The van der Waals surface area contributed by atoms with Gasteiger partial charge in [-0.3, -0.25) is 0 Å². The second-order valence-electron chi connectivity index (χ2n) is 10.0. The Morgan fingerprint density at radius 3 is 1.97 bits per heavy atom. The Hall–Kier alpha value is -3.72. The molecule has 0 spiro atoms. The molecule has 1 unspecified atom stereocenters. The Balaban J connectivity index is 1.58. The normalized spacial score (nSPS) is 14.3. The maximum Gasteiger partial charge on any atom is 0.0711 e. The summed E-state index contributed by atoms with van der Waals surface area (Å²) in [5.41, 5.74) is 4.65. The summed E-state index contributed by atoms with van der Waals surface area (Å²) in [6.45, 7) is 7.11. The molecule has 0 aliphatic carbocycles. The van der Waals surface area contributed by atoms with Crippen molar-refractivity contribution in [2.75, 3.05) is 0 Å². The van der Waals surface area contributed by atoms with Crippen LogP contribution in [0.4, 0.5) is 0 Å². The van der Waals surface area contributed by atoms with Gasteiger partial charge >= 0.3 is 0 Å². The zero-order valence-electron chi connectivity index (χ0n) is 19.4. The number of nitrogens with one attached hydrogen (secondary N) is 1. The molecular weight excluding hydrogens is 402 g/mol. The van der Waals surface area contributed by atoms with Crippen molar-refractivity contribution >= 4 is 32.7 Å². The predicted molar refractivity (Wildman–Crippen MR) is 139 cm³/mol. The molecular formula is C30H29N3. The molecule has 33 heavy (non-hydrogen) atoms. The molecule has 1 atom stereocenters. The lowest BCUT2D eigenvalue weighted by molar-refractivity contribution is 0.228. The summed E-state index contributed by atoms with van der Waals surface area (Å²) in [6.07, 6.45) is 7.65. The molecule has 164 valence electrons. The van der Waals surface area contributed by atoms with Gasteiger partial charge in [-0.2, -0.15) is 0 Å². The number of rotatable bonds is 5. The van der Waals surface area contributed by atoms with Gasteiger partial charge in [-0.15, -0.1) is 0 Å². The minimum atomic E-state index is -0.266. The van der Waals surface area contributed by atoms with Gasteiger partial charge in [-0.1, -0.05) is 54.6 Å². The highest BCUT2D eigenvalue weighted by molar-refractivity contribution is 5.86. The summed E-state index contributed by atoms with van der Waals surface area (Å²) in [7, 11) is 0. The van der Waals surface area contributed by atoms with E-state index in [4.69, 9.17) is 0 Å². The number of fused-ring (bicyclic) bond motifs is 3. The molecule has 0 radical (unpaired) electrons. The number of hydrogen-bond donors (Lipinski definition) is 1. The summed E-state index contributed by atoms with van der Waals surface area (Å²) in [5, 5.41) is 3.84. The van der Waals surface area contributed by atoms with E-state index in [-0.39, 0.29) is 11.1 Å². The predicted octanol–water partition coefficient (Wildman–Crippen LogP) is 7.67. The zero-order valence-corrected chi connectivity index (χ0v) is 19.4. The van der Waals surface area contributed by atoms with Crippen LogP contribution in [0.25, 0.3) is 32.7 Å². The third-order valence-corrected chi connectivity index (χ3v) is 7.33. The third-order valence-electron chi connectivity index (χ3n) is 7.33. The summed E-state index contributed by atoms with van der Waals surface area (Å²) in [5.74, 6) is 0. The van der Waals surface area contributed by atoms with E-state index in [1.807, 2.05) is 0 Å². The fourth-order valence-corrected chi connectivity index (χ4v) is 5.88. The Bertz CT molecular complexity index is 1520. The number of para-hydroxylation sites is 3. The summed E-state index contributed by atoms with van der Waals surface area (Å²) in [4.78, 5) is 3.53. The smallest absolute Gasteiger partial charge is 0.0711 e. The standard InChI is InChI=1S/C30H29N3/c1-29(2,32-18-16-22-10-4-8-14-27(22)32)21-30(3,25-20-31-26-13-7-6-12-24(25)26)33-19-17-23-11-5-9-15-28(23)33/h4-20,31H,21H2,1-3H3. The first-order valence-corrected chi connectivity index (χ1v) is 11.7. The first-order chi connectivity index (χ1) is 16.0. The Morgan fingerprint density at radius 1 is 0.667 bits per heavy atom. The molecule has 3 heterocycles. The molecule has 3 nitrogen and oxygen atoms in total. The molecule has 0 bridgehead atoms. The quantitative estimate of drug-likeness (QED) is 0.290. The average Bonchev–Trinajstić information content (AvgIpc) is 3.55. The van der Waals surface area contributed by atoms with Crippen LogP contribution in [0, 0.1) is 0 Å². The average molecular weight is 432 g/mol. The van der Waals surface area contributed by atoms with Crippen molar-refractivity contribution in [3.8, 4) is 0 Å². The molecule has 0 aliphatic heterocycles. The third kappa shape index (κ3) is 3.03. The lowest BCUT2D eigenvalue weighted by Gasteiger charge is -2.41. The van der Waals surface area contributed by atoms with Crippen molar-refractivity contribution in [1.82, 2.24) is 14.1 Å². The number of H-pyrrole nitrogens is 1. The first kappa shape index (κ1) is 19.9. The van der Waals surface area contributed by atoms with Gasteiger partial charge in [-0.25, -0.2) is 0 Å². The van der Waals surface area contributed by atoms with Gasteiger partial charge < -0.3 is 14.1 Å². The molecule has 0 amide bonds. The van der Waals surface area contributed by atoms with Gasteiger partial charge in [0, 0.05) is 51.6 Å². The molecule has 6 aromatic rings. The van der Waals surface area contributed by atoms with Gasteiger partial charge in [0.15, 0.2) is 0 Å². The Morgan fingerprint density at radius 2 is 1.24 bits per heavy atom. The first-order valence-electron chi connectivity index (χ1n) is 11.7. The van der Waals surface area contributed by atoms with Crippen molar-refractivity contribution < 1.29 is 0 Å². The largest absolute Gasteiger partial charge is 0.361 e. The highest BCUT2D eigenvalue weighted by Gasteiger charge is 2.39. The molecule has 0 fully saturated rings. The van der Waals surface area contributed by atoms with E-state index >= 15 is 0 Å². The van der Waals surface area contributed by atoms with Crippen LogP contribution in [0.15, 0.2) is 104 Å². The van der Waals surface area contributed by atoms with E-state index in [1.54, 1.807) is 0 Å². The Labute approximate surface area is 194 Å². The maximum atomic E-state index is 3.53. The van der Waals surface area contributed by atoms with E-state index < -0.39 is 0 Å². The SMILES string of the molecule is CC(C)(CC(C)(c1c[nH]c2ccccc12)n1ccc2ccccc21)n1ccc2ccccc21. The fraction of sp³-hybridized carbons (Fsp3) is 0.200. The van der Waals surface area contributed by atoms with E-state index in [2.05, 4.69) is 138 Å². The number of hydrogen-bond acceptors (Lipinski definition) is 0. The summed E-state index contributed by atoms with van der Waals surface area (Å²) >= 11 is 0. The van der Waals surface area contributed by atoms with Crippen LogP contribution < -0.4 is 0 Å². The molecule has 0 saturated carbocycles. The molecule has 6 rings (SSSR count). The molecule has 3 aromatic carbocycles. The summed E-state index contributed by atoms with van der Waals surface area (Å²) in [6, 6.07) is 30.5. The van der Waals surface area contributed by atoms with Crippen LogP contribution in [0.2, 0.25) is 0 Å². The minimum absolute atomic E-state index is 0.123. The minimum Gasteiger partial charge on any atom is -0.361 e. The number of benzene rings is 3.